The van der Waals surface area contributed by atoms with Crippen molar-refractivity contribution < 1.29 is 62.7 Å². The Bertz CT molecular complexity index is 2660. The third kappa shape index (κ3) is 11.3. The highest BCUT2D eigenvalue weighted by Crippen LogP contribution is 2.70. The number of hydrogen-bond donors (Lipinski definition) is 7. The molecule has 7 amide bonds. The van der Waals surface area contributed by atoms with E-state index in [0.717, 1.165) is 10.5 Å². The number of methoxy groups -OCH3 is 2. The molecule has 7 rings (SSSR count). The van der Waals surface area contributed by atoms with E-state index in [9.17, 15) is 43.8 Å². The van der Waals surface area contributed by atoms with Gasteiger partial charge in [-0.15, -0.1) is 0 Å². The van der Waals surface area contributed by atoms with E-state index in [4.69, 9.17) is 18.9 Å². The second kappa shape index (κ2) is 22.9. The van der Waals surface area contributed by atoms with Crippen LogP contribution < -0.4 is 40.8 Å². The van der Waals surface area contributed by atoms with Gasteiger partial charge in [-0.2, -0.15) is 0 Å². The van der Waals surface area contributed by atoms with Crippen LogP contribution in [0.2, 0.25) is 0 Å². The Kier molecular flexibility index (Phi) is 16.5. The predicted molar refractivity (Wildman–Crippen MR) is 262 cm³/mol. The lowest BCUT2D eigenvalue weighted by Crippen LogP contribution is -2.51. The molecule has 72 heavy (non-hydrogen) atoms. The SMILES string of the molecule is COc1ccc([C@@]23Oc4cc(O)cc(OC)c4C2(O)C[C@H](C(=O)NCCNC(=O)OCc2ccc(NC(=O)CNC(=O)[C@@H](NC(=O)CCCCCN4C(=O)C=CC4=O)C(C)C)cc2)[C@H]3c2ccccc2)cc1. The summed E-state index contributed by atoms with van der Waals surface area (Å²) in [6.45, 7) is 3.43. The Hall–Kier alpha value is -7.93. The molecule has 4 aromatic rings. The summed E-state index contributed by atoms with van der Waals surface area (Å²) < 4.78 is 23.3. The largest absolute Gasteiger partial charge is 0.508 e. The summed E-state index contributed by atoms with van der Waals surface area (Å²) in [6.07, 6.45) is 3.46. The summed E-state index contributed by atoms with van der Waals surface area (Å²) in [6, 6.07) is 24.9. The highest BCUT2D eigenvalue weighted by Gasteiger charge is 2.73. The van der Waals surface area contributed by atoms with Crippen LogP contribution in [-0.2, 0) is 51.3 Å². The number of fused-ring (bicyclic) bond motifs is 3. The summed E-state index contributed by atoms with van der Waals surface area (Å²) in [7, 11) is 2.98. The molecule has 5 atom stereocenters. The van der Waals surface area contributed by atoms with Gasteiger partial charge in [-0.05, 0) is 66.1 Å². The van der Waals surface area contributed by atoms with Crippen molar-refractivity contribution >= 4 is 47.2 Å². The molecule has 2 heterocycles. The van der Waals surface area contributed by atoms with Crippen molar-refractivity contribution in [2.45, 2.75) is 75.7 Å². The molecule has 4 aromatic carbocycles. The first kappa shape index (κ1) is 51.9. The molecule has 1 fully saturated rings. The molecule has 7 N–H and O–H groups in total. The number of hydrogen-bond acceptors (Lipinski definition) is 13. The summed E-state index contributed by atoms with van der Waals surface area (Å²) in [5.74, 6) is -3.39. The number of imide groups is 1. The van der Waals surface area contributed by atoms with Crippen LogP contribution in [0.4, 0.5) is 10.5 Å². The van der Waals surface area contributed by atoms with Crippen LogP contribution in [0.3, 0.4) is 0 Å². The summed E-state index contributed by atoms with van der Waals surface area (Å²) >= 11 is 0. The zero-order valence-corrected chi connectivity index (χ0v) is 40.5. The highest BCUT2D eigenvalue weighted by molar-refractivity contribution is 6.12. The van der Waals surface area contributed by atoms with E-state index in [2.05, 4.69) is 26.6 Å². The fraction of sp³-hybridized carbons (Fsp3) is 0.377. The van der Waals surface area contributed by atoms with Crippen LogP contribution in [-0.4, -0.2) is 103 Å². The van der Waals surface area contributed by atoms with E-state index in [1.54, 1.807) is 69.5 Å². The molecule has 0 saturated heterocycles. The first-order valence-corrected chi connectivity index (χ1v) is 23.8. The van der Waals surface area contributed by atoms with Crippen molar-refractivity contribution in [2.75, 3.05) is 45.7 Å². The number of amides is 7. The maximum absolute atomic E-state index is 14.3. The molecule has 19 nitrogen and oxygen atoms in total. The number of rotatable bonds is 22. The second-order valence-corrected chi connectivity index (χ2v) is 18.2. The number of phenolic OH excluding ortho intramolecular Hbond substituents is 1. The third-order valence-corrected chi connectivity index (χ3v) is 13.1. The van der Waals surface area contributed by atoms with Crippen LogP contribution in [0.5, 0.6) is 23.0 Å². The summed E-state index contributed by atoms with van der Waals surface area (Å²) in [5.41, 5.74) is -0.699. The Morgan fingerprint density at radius 3 is 2.18 bits per heavy atom. The van der Waals surface area contributed by atoms with Crippen molar-refractivity contribution in [3.8, 4) is 23.0 Å². The van der Waals surface area contributed by atoms with E-state index in [1.807, 2.05) is 30.3 Å². The Balaban J connectivity index is 0.864. The molecular weight excluding hydrogens is 929 g/mol. The minimum Gasteiger partial charge on any atom is -0.508 e. The quantitative estimate of drug-likeness (QED) is 0.0426. The van der Waals surface area contributed by atoms with Gasteiger partial charge in [0.1, 0.15) is 41.2 Å². The fourth-order valence-corrected chi connectivity index (χ4v) is 9.66. The van der Waals surface area contributed by atoms with Crippen LogP contribution in [0, 0.1) is 11.8 Å². The first-order valence-electron chi connectivity index (χ1n) is 23.8. The van der Waals surface area contributed by atoms with E-state index in [1.165, 1.54) is 31.4 Å². The van der Waals surface area contributed by atoms with Gasteiger partial charge in [-0.25, -0.2) is 4.79 Å². The standard InChI is InChI=1S/C53H60N6O13/c1-32(2)48(58-42(61)13-9-6-10-26-59-44(63)22-23-45(59)64)50(66)56-30-43(62)57-36-18-14-33(15-19-36)31-71-51(67)55-25-24-54-49(65)39-29-52(68)47-40(70-4)27-37(60)28-41(47)72-53(52,35-16-20-38(69-3)21-17-35)46(39)34-11-7-5-8-12-34/h5,7-8,11-12,14-23,27-28,32,39,46,48,60,68H,6,9-10,13,24-26,29-31H2,1-4H3,(H,54,65)(H,55,67)(H,56,66)(H,57,62)(H,58,61)/t39-,46+,48-,52?,53-/m0/s1. The van der Waals surface area contributed by atoms with Crippen LogP contribution in [0.15, 0.2) is 103 Å². The number of benzene rings is 4. The molecule has 3 aliphatic rings. The number of aromatic hydroxyl groups is 1. The second-order valence-electron chi connectivity index (χ2n) is 18.2. The zero-order chi connectivity index (χ0) is 51.6. The Labute approximate surface area is 416 Å². The molecule has 1 aliphatic carbocycles. The lowest BCUT2D eigenvalue weighted by atomic mass is 9.70. The highest BCUT2D eigenvalue weighted by atomic mass is 16.5. The molecule has 1 saturated carbocycles. The molecule has 0 aromatic heterocycles. The van der Waals surface area contributed by atoms with Crippen molar-refractivity contribution in [2.24, 2.45) is 11.8 Å². The van der Waals surface area contributed by atoms with Gasteiger partial charge < -0.3 is 55.7 Å². The van der Waals surface area contributed by atoms with Gasteiger partial charge in [0, 0.05) is 61.9 Å². The minimum atomic E-state index is -1.81. The van der Waals surface area contributed by atoms with Gasteiger partial charge in [0.25, 0.3) is 11.8 Å². The molecule has 0 spiro atoms. The number of anilines is 1. The van der Waals surface area contributed by atoms with Gasteiger partial charge in [0.15, 0.2) is 5.60 Å². The van der Waals surface area contributed by atoms with Gasteiger partial charge in [-0.1, -0.05) is 74.9 Å². The van der Waals surface area contributed by atoms with E-state index >= 15 is 0 Å². The van der Waals surface area contributed by atoms with Crippen LogP contribution in [0.1, 0.15) is 74.1 Å². The molecule has 0 radical (unpaired) electrons. The Morgan fingerprint density at radius 1 is 0.819 bits per heavy atom. The van der Waals surface area contributed by atoms with Gasteiger partial charge in [-0.3, -0.25) is 33.7 Å². The van der Waals surface area contributed by atoms with E-state index in [0.29, 0.717) is 47.4 Å². The third-order valence-electron chi connectivity index (χ3n) is 13.1. The van der Waals surface area contributed by atoms with Gasteiger partial charge in [0.2, 0.25) is 23.6 Å². The number of carbonyl (C=O) groups is 7. The van der Waals surface area contributed by atoms with Crippen LogP contribution >= 0.6 is 0 Å². The number of ether oxygens (including phenoxy) is 4. The average Bonchev–Trinajstić information content (AvgIpc) is 3.93. The smallest absolute Gasteiger partial charge is 0.407 e. The summed E-state index contributed by atoms with van der Waals surface area (Å²) in [5, 5.41) is 37.2. The lowest BCUT2D eigenvalue weighted by Gasteiger charge is -2.40. The number of aliphatic hydroxyl groups is 1. The van der Waals surface area contributed by atoms with Crippen LogP contribution in [0.25, 0.3) is 0 Å². The maximum atomic E-state index is 14.3. The zero-order valence-electron chi connectivity index (χ0n) is 40.5. The lowest BCUT2D eigenvalue weighted by molar-refractivity contribution is -0.137. The molecule has 380 valence electrons. The monoisotopic (exact) mass is 988 g/mol. The topological polar surface area (TPSA) is 260 Å². The number of unbranched alkanes of at least 4 members (excludes halogenated alkanes) is 2. The maximum Gasteiger partial charge on any atom is 0.407 e. The number of alkyl carbamates (subject to hydrolysis) is 1. The Morgan fingerprint density at radius 2 is 1.51 bits per heavy atom. The molecule has 1 unspecified atom stereocenters. The van der Waals surface area contributed by atoms with Crippen molar-refractivity contribution in [3.63, 3.8) is 0 Å². The van der Waals surface area contributed by atoms with Gasteiger partial charge in [0.05, 0.1) is 32.2 Å². The number of phenols is 1. The number of carbonyl (C=O) groups excluding carboxylic acids is 7. The van der Waals surface area contributed by atoms with E-state index in [-0.39, 0.29) is 92.4 Å². The number of nitrogens with one attached hydrogen (secondary N) is 5. The number of nitrogens with zero attached hydrogens (tertiary/aromatic N) is 1. The molecule has 0 bridgehead atoms. The molecular formula is C53H60N6O13. The summed E-state index contributed by atoms with van der Waals surface area (Å²) in [4.78, 5) is 89.9. The average molecular weight is 989 g/mol. The predicted octanol–water partition coefficient (Wildman–Crippen LogP) is 4.41. The fourth-order valence-electron chi connectivity index (χ4n) is 9.66. The van der Waals surface area contributed by atoms with Crippen molar-refractivity contribution in [1.82, 2.24) is 26.2 Å². The normalized spacial score (nSPS) is 19.9. The van der Waals surface area contributed by atoms with E-state index < -0.39 is 47.0 Å². The van der Waals surface area contributed by atoms with Crippen molar-refractivity contribution in [1.29, 1.82) is 0 Å². The minimum absolute atomic E-state index is 0.0204. The molecule has 2 aliphatic heterocycles. The van der Waals surface area contributed by atoms with Crippen molar-refractivity contribution in [3.05, 3.63) is 125 Å². The first-order chi connectivity index (χ1) is 34.6. The van der Waals surface area contributed by atoms with Gasteiger partial charge >= 0.3 is 6.09 Å². The molecule has 19 heteroatoms.